The maximum atomic E-state index is 12.4. The molecule has 0 radical (unpaired) electrons. The number of esters is 1. The largest absolute Gasteiger partial charge is 0.465 e. The van der Waals surface area contributed by atoms with E-state index in [4.69, 9.17) is 4.74 Å². The molecule has 0 aliphatic heterocycles. The average Bonchev–Trinajstić information content (AvgIpc) is 2.57. The van der Waals surface area contributed by atoms with Crippen LogP contribution < -0.4 is 16.6 Å². The van der Waals surface area contributed by atoms with Gasteiger partial charge in [0.15, 0.2) is 0 Å². The lowest BCUT2D eigenvalue weighted by Gasteiger charge is -2.11. The van der Waals surface area contributed by atoms with Crippen LogP contribution in [-0.4, -0.2) is 28.3 Å². The summed E-state index contributed by atoms with van der Waals surface area (Å²) in [7, 11) is 1.53. The van der Waals surface area contributed by atoms with Crippen molar-refractivity contribution >= 4 is 11.7 Å². The maximum absolute atomic E-state index is 12.4. The number of hydrogen-bond donors (Lipinski definition) is 1. The Morgan fingerprint density at radius 2 is 1.92 bits per heavy atom. The molecule has 128 valence electrons. The molecule has 0 amide bonds. The molecule has 0 saturated carbocycles. The molecule has 24 heavy (non-hydrogen) atoms. The summed E-state index contributed by atoms with van der Waals surface area (Å²) in [6.45, 7) is 2.01. The third-order valence-electron chi connectivity index (χ3n) is 3.50. The number of nitrogens with zero attached hydrogens (tertiary/aromatic N) is 2. The molecule has 1 aromatic carbocycles. The molecule has 0 aliphatic rings. The van der Waals surface area contributed by atoms with Gasteiger partial charge in [-0.15, -0.1) is 0 Å². The fourth-order valence-corrected chi connectivity index (χ4v) is 2.31. The SMILES string of the molecule is CCOC(=O)Cn1c(=O)c(NCCc2ccccc2)cn(C)c1=O. The molecule has 0 saturated heterocycles. The average molecular weight is 331 g/mol. The Hall–Kier alpha value is -2.83. The number of ether oxygens (including phenoxy) is 1. The number of nitrogens with one attached hydrogen (secondary N) is 1. The highest BCUT2D eigenvalue weighted by atomic mass is 16.5. The Morgan fingerprint density at radius 3 is 2.58 bits per heavy atom. The van der Waals surface area contributed by atoms with Crippen LogP contribution in [-0.2, 0) is 29.5 Å². The normalized spacial score (nSPS) is 10.4. The van der Waals surface area contributed by atoms with E-state index in [2.05, 4.69) is 5.32 Å². The summed E-state index contributed by atoms with van der Waals surface area (Å²) < 4.78 is 6.95. The van der Waals surface area contributed by atoms with E-state index in [0.717, 1.165) is 16.6 Å². The van der Waals surface area contributed by atoms with Gasteiger partial charge >= 0.3 is 11.7 Å². The first-order valence-electron chi connectivity index (χ1n) is 7.76. The highest BCUT2D eigenvalue weighted by Crippen LogP contribution is 2.01. The van der Waals surface area contributed by atoms with E-state index in [9.17, 15) is 14.4 Å². The van der Waals surface area contributed by atoms with Crippen molar-refractivity contribution in [2.24, 2.45) is 7.05 Å². The van der Waals surface area contributed by atoms with Crippen LogP contribution in [0.1, 0.15) is 12.5 Å². The fourth-order valence-electron chi connectivity index (χ4n) is 2.31. The first-order chi connectivity index (χ1) is 11.5. The lowest BCUT2D eigenvalue weighted by molar-refractivity contribution is -0.143. The van der Waals surface area contributed by atoms with Crippen LogP contribution in [0.5, 0.6) is 0 Å². The van der Waals surface area contributed by atoms with E-state index in [1.807, 2.05) is 30.3 Å². The van der Waals surface area contributed by atoms with Crippen LogP contribution in [0, 0.1) is 0 Å². The summed E-state index contributed by atoms with van der Waals surface area (Å²) in [6.07, 6.45) is 2.18. The smallest absolute Gasteiger partial charge is 0.331 e. The number of hydrogen-bond acceptors (Lipinski definition) is 5. The summed E-state index contributed by atoms with van der Waals surface area (Å²) in [4.78, 5) is 36.1. The third kappa shape index (κ3) is 4.34. The Balaban J connectivity index is 2.15. The second-order valence-corrected chi connectivity index (χ2v) is 5.29. The van der Waals surface area contributed by atoms with Crippen molar-refractivity contribution in [3.8, 4) is 0 Å². The van der Waals surface area contributed by atoms with Crippen LogP contribution in [0.3, 0.4) is 0 Å². The molecule has 1 N–H and O–H groups in total. The van der Waals surface area contributed by atoms with Gasteiger partial charge in [-0.3, -0.25) is 9.59 Å². The number of rotatable bonds is 7. The van der Waals surface area contributed by atoms with E-state index in [-0.39, 0.29) is 12.3 Å². The second-order valence-electron chi connectivity index (χ2n) is 5.29. The minimum Gasteiger partial charge on any atom is -0.465 e. The summed E-state index contributed by atoms with van der Waals surface area (Å²) >= 11 is 0. The Kier molecular flexibility index (Phi) is 5.95. The van der Waals surface area contributed by atoms with Gasteiger partial charge in [0.1, 0.15) is 12.2 Å². The molecule has 2 rings (SSSR count). The van der Waals surface area contributed by atoms with Gasteiger partial charge in [0.25, 0.3) is 5.56 Å². The highest BCUT2D eigenvalue weighted by Gasteiger charge is 2.13. The Morgan fingerprint density at radius 1 is 1.21 bits per heavy atom. The van der Waals surface area contributed by atoms with Gasteiger partial charge in [0.05, 0.1) is 6.61 Å². The fraction of sp³-hybridized carbons (Fsp3) is 0.353. The predicted octanol–water partition coefficient (Wildman–Crippen LogP) is 0.765. The number of aromatic nitrogens is 2. The number of anilines is 1. The van der Waals surface area contributed by atoms with Crippen LogP contribution in [0.25, 0.3) is 0 Å². The number of aryl methyl sites for hydroxylation is 1. The van der Waals surface area contributed by atoms with Crippen LogP contribution in [0.15, 0.2) is 46.1 Å². The topological polar surface area (TPSA) is 82.3 Å². The predicted molar refractivity (Wildman–Crippen MR) is 91.2 cm³/mol. The van der Waals surface area contributed by atoms with Crippen molar-refractivity contribution in [1.29, 1.82) is 0 Å². The third-order valence-corrected chi connectivity index (χ3v) is 3.50. The van der Waals surface area contributed by atoms with E-state index >= 15 is 0 Å². The first kappa shape index (κ1) is 17.5. The first-order valence-corrected chi connectivity index (χ1v) is 7.76. The Labute approximate surface area is 139 Å². The zero-order valence-corrected chi connectivity index (χ0v) is 13.8. The van der Waals surface area contributed by atoms with Crippen molar-refractivity contribution in [2.45, 2.75) is 19.9 Å². The number of benzene rings is 1. The summed E-state index contributed by atoms with van der Waals surface area (Å²) in [5.74, 6) is -0.613. The van der Waals surface area contributed by atoms with Crippen molar-refractivity contribution in [1.82, 2.24) is 9.13 Å². The van der Waals surface area contributed by atoms with Crippen molar-refractivity contribution < 1.29 is 9.53 Å². The van der Waals surface area contributed by atoms with Gasteiger partial charge in [0, 0.05) is 19.8 Å². The van der Waals surface area contributed by atoms with Crippen LogP contribution >= 0.6 is 0 Å². The standard InChI is InChI=1S/C17H21N3O4/c1-3-24-15(21)12-20-16(22)14(11-19(2)17(20)23)18-10-9-13-7-5-4-6-8-13/h4-8,11,18H,3,9-10,12H2,1-2H3. The molecule has 7 nitrogen and oxygen atoms in total. The molecule has 0 unspecified atom stereocenters. The molecule has 7 heteroatoms. The quantitative estimate of drug-likeness (QED) is 0.758. The number of carbonyl (C=O) groups is 1. The molecule has 0 spiro atoms. The molecule has 1 aromatic heterocycles. The summed E-state index contributed by atoms with van der Waals surface area (Å²) in [5.41, 5.74) is 0.333. The van der Waals surface area contributed by atoms with Crippen molar-refractivity contribution in [3.05, 3.63) is 62.9 Å². The van der Waals surface area contributed by atoms with E-state index < -0.39 is 23.8 Å². The molecule has 1 heterocycles. The minimum atomic E-state index is -0.613. The maximum Gasteiger partial charge on any atom is 0.331 e. The monoisotopic (exact) mass is 331 g/mol. The Bertz CT molecular complexity index is 809. The van der Waals surface area contributed by atoms with Crippen molar-refractivity contribution in [3.63, 3.8) is 0 Å². The highest BCUT2D eigenvalue weighted by molar-refractivity contribution is 5.69. The summed E-state index contributed by atoms with van der Waals surface area (Å²) in [6, 6.07) is 9.85. The van der Waals surface area contributed by atoms with E-state index in [0.29, 0.717) is 6.54 Å². The van der Waals surface area contributed by atoms with Gasteiger partial charge in [-0.1, -0.05) is 30.3 Å². The zero-order valence-electron chi connectivity index (χ0n) is 13.8. The lowest BCUT2D eigenvalue weighted by Crippen LogP contribution is -2.41. The van der Waals surface area contributed by atoms with Gasteiger partial charge < -0.3 is 14.6 Å². The number of carbonyl (C=O) groups excluding carboxylic acids is 1. The van der Waals surface area contributed by atoms with E-state index in [1.54, 1.807) is 6.92 Å². The molecule has 0 bridgehead atoms. The molecule has 2 aromatic rings. The second kappa shape index (κ2) is 8.14. The van der Waals surface area contributed by atoms with Gasteiger partial charge in [-0.2, -0.15) is 0 Å². The molecule has 0 atom stereocenters. The minimum absolute atomic E-state index is 0.197. The molecule has 0 fully saturated rings. The van der Waals surface area contributed by atoms with Crippen LogP contribution in [0.4, 0.5) is 5.69 Å². The van der Waals surface area contributed by atoms with Gasteiger partial charge in [-0.25, -0.2) is 9.36 Å². The van der Waals surface area contributed by atoms with E-state index in [1.165, 1.54) is 17.8 Å². The molecular formula is C17H21N3O4. The van der Waals surface area contributed by atoms with Crippen molar-refractivity contribution in [2.75, 3.05) is 18.5 Å². The molecule has 0 aliphatic carbocycles. The zero-order chi connectivity index (χ0) is 17.5. The summed E-state index contributed by atoms with van der Waals surface area (Å²) in [5, 5.41) is 3.03. The van der Waals surface area contributed by atoms with Gasteiger partial charge in [-0.05, 0) is 18.9 Å². The van der Waals surface area contributed by atoms with Crippen LogP contribution in [0.2, 0.25) is 0 Å². The van der Waals surface area contributed by atoms with Gasteiger partial charge in [0.2, 0.25) is 0 Å². The molecular weight excluding hydrogens is 310 g/mol. The lowest BCUT2D eigenvalue weighted by atomic mass is 10.1.